The Morgan fingerprint density at radius 1 is 1.28 bits per heavy atom. The first kappa shape index (κ1) is 11.9. The van der Waals surface area contributed by atoms with Crippen molar-refractivity contribution in [3.05, 3.63) is 35.9 Å². The van der Waals surface area contributed by atoms with E-state index in [0.717, 1.165) is 5.56 Å². The van der Waals surface area contributed by atoms with E-state index >= 15 is 0 Å². The Morgan fingerprint density at radius 3 is 2.72 bits per heavy atom. The van der Waals surface area contributed by atoms with Gasteiger partial charge in [-0.05, 0) is 17.8 Å². The Morgan fingerprint density at radius 2 is 2.00 bits per heavy atom. The molecule has 0 spiro atoms. The minimum atomic E-state index is -2.92. The van der Waals surface area contributed by atoms with Gasteiger partial charge in [-0.15, -0.1) is 0 Å². The molecule has 0 radical (unpaired) electrons. The number of benzene rings is 1. The number of rotatable bonds is 2. The Bertz CT molecular complexity index is 571. The lowest BCUT2D eigenvalue weighted by molar-refractivity contribution is 0.349. The van der Waals surface area contributed by atoms with Crippen LogP contribution in [-0.4, -0.2) is 42.0 Å². The highest BCUT2D eigenvalue weighted by Gasteiger charge is 2.46. The number of nitrogens with zero attached hydrogens (tertiary/aromatic N) is 1. The summed E-state index contributed by atoms with van der Waals surface area (Å²) in [4.78, 5) is 2.00. The van der Waals surface area contributed by atoms with E-state index in [4.69, 9.17) is 12.2 Å². The number of sulfone groups is 1. The van der Waals surface area contributed by atoms with Gasteiger partial charge in [-0.25, -0.2) is 8.42 Å². The highest BCUT2D eigenvalue weighted by atomic mass is 32.2. The molecule has 2 saturated heterocycles. The summed E-state index contributed by atoms with van der Waals surface area (Å²) < 4.78 is 23.3. The van der Waals surface area contributed by atoms with E-state index in [1.165, 1.54) is 0 Å². The molecule has 0 saturated carbocycles. The predicted molar refractivity (Wildman–Crippen MR) is 73.9 cm³/mol. The summed E-state index contributed by atoms with van der Waals surface area (Å²) in [6.45, 7) is 0.670. The van der Waals surface area contributed by atoms with Gasteiger partial charge in [-0.3, -0.25) is 0 Å². The highest BCUT2D eigenvalue weighted by molar-refractivity contribution is 7.91. The summed E-state index contributed by atoms with van der Waals surface area (Å²) in [7, 11) is -2.92. The third-order valence-electron chi connectivity index (χ3n) is 3.49. The van der Waals surface area contributed by atoms with E-state index in [2.05, 4.69) is 5.32 Å². The Labute approximate surface area is 112 Å². The molecule has 6 heteroatoms. The van der Waals surface area contributed by atoms with Gasteiger partial charge in [0.05, 0.1) is 23.6 Å². The molecule has 18 heavy (non-hydrogen) atoms. The molecule has 3 rings (SSSR count). The number of hydrogen-bond donors (Lipinski definition) is 1. The second kappa shape index (κ2) is 4.20. The molecule has 0 amide bonds. The van der Waals surface area contributed by atoms with Crippen molar-refractivity contribution in [2.24, 2.45) is 0 Å². The highest BCUT2D eigenvalue weighted by Crippen LogP contribution is 2.25. The summed E-state index contributed by atoms with van der Waals surface area (Å²) in [6.07, 6.45) is 0. The van der Waals surface area contributed by atoms with E-state index in [-0.39, 0.29) is 23.6 Å². The van der Waals surface area contributed by atoms with Gasteiger partial charge in [-0.1, -0.05) is 30.3 Å². The predicted octanol–water partition coefficient (Wildman–Crippen LogP) is 0.542. The average Bonchev–Trinajstić information content (AvgIpc) is 2.74. The summed E-state index contributed by atoms with van der Waals surface area (Å²) in [5.41, 5.74) is 1.14. The van der Waals surface area contributed by atoms with Crippen molar-refractivity contribution in [1.29, 1.82) is 0 Å². The summed E-state index contributed by atoms with van der Waals surface area (Å²) in [5, 5.41) is 3.79. The summed E-state index contributed by atoms with van der Waals surface area (Å²) in [6, 6.07) is 9.93. The lowest BCUT2D eigenvalue weighted by Crippen LogP contribution is -2.36. The second-order valence-corrected chi connectivity index (χ2v) is 7.35. The maximum atomic E-state index is 11.6. The van der Waals surface area contributed by atoms with Crippen LogP contribution in [0.1, 0.15) is 5.56 Å². The smallest absolute Gasteiger partial charge is 0.169 e. The number of fused-ring (bicyclic) bond motifs is 1. The van der Waals surface area contributed by atoms with Gasteiger partial charge in [0.2, 0.25) is 0 Å². The molecular weight excluding hydrogens is 268 g/mol. The van der Waals surface area contributed by atoms with Crippen molar-refractivity contribution in [3.63, 3.8) is 0 Å². The normalized spacial score (nSPS) is 29.1. The van der Waals surface area contributed by atoms with Gasteiger partial charge in [0.15, 0.2) is 14.9 Å². The van der Waals surface area contributed by atoms with Crippen LogP contribution in [0.3, 0.4) is 0 Å². The van der Waals surface area contributed by atoms with Crippen LogP contribution in [0.25, 0.3) is 0 Å². The molecule has 1 aromatic rings. The van der Waals surface area contributed by atoms with Gasteiger partial charge in [0, 0.05) is 6.54 Å². The van der Waals surface area contributed by atoms with Crippen LogP contribution in [0.4, 0.5) is 0 Å². The minimum Gasteiger partial charge on any atom is -0.357 e. The van der Waals surface area contributed by atoms with Crippen LogP contribution in [0, 0.1) is 0 Å². The van der Waals surface area contributed by atoms with Gasteiger partial charge in [-0.2, -0.15) is 0 Å². The van der Waals surface area contributed by atoms with Crippen LogP contribution in [-0.2, 0) is 16.4 Å². The molecule has 2 heterocycles. The zero-order valence-corrected chi connectivity index (χ0v) is 11.4. The first-order valence-corrected chi connectivity index (χ1v) is 8.10. The molecule has 2 aliphatic heterocycles. The Kier molecular flexibility index (Phi) is 2.79. The van der Waals surface area contributed by atoms with Crippen molar-refractivity contribution in [2.45, 2.75) is 18.6 Å². The Balaban J connectivity index is 1.82. The van der Waals surface area contributed by atoms with Crippen LogP contribution in [0.15, 0.2) is 30.3 Å². The van der Waals surface area contributed by atoms with E-state index in [0.29, 0.717) is 11.7 Å². The fourth-order valence-electron chi connectivity index (χ4n) is 2.64. The van der Waals surface area contributed by atoms with E-state index in [1.807, 2.05) is 35.2 Å². The molecule has 96 valence electrons. The zero-order chi connectivity index (χ0) is 12.8. The lowest BCUT2D eigenvalue weighted by atomic mass is 10.1. The molecule has 4 nitrogen and oxygen atoms in total. The van der Waals surface area contributed by atoms with Crippen LogP contribution >= 0.6 is 12.2 Å². The molecule has 2 fully saturated rings. The molecule has 0 aliphatic carbocycles. The van der Waals surface area contributed by atoms with Crippen LogP contribution < -0.4 is 5.32 Å². The molecule has 1 aromatic carbocycles. The van der Waals surface area contributed by atoms with Crippen molar-refractivity contribution < 1.29 is 8.42 Å². The van der Waals surface area contributed by atoms with E-state index < -0.39 is 9.84 Å². The van der Waals surface area contributed by atoms with Gasteiger partial charge in [0.25, 0.3) is 0 Å². The average molecular weight is 282 g/mol. The standard InChI is InChI=1S/C12H14N2O2S2/c15-18(16)7-10-11(8-18)14(12(17)13-10)6-9-4-2-1-3-5-9/h1-5,10-11H,6-8H2,(H,13,17)/t10-,11-/m1/s1. The fraction of sp³-hybridized carbons (Fsp3) is 0.417. The molecule has 0 bridgehead atoms. The fourth-order valence-corrected chi connectivity index (χ4v) is 4.91. The zero-order valence-electron chi connectivity index (χ0n) is 9.74. The molecule has 0 unspecified atom stereocenters. The molecule has 2 atom stereocenters. The quantitative estimate of drug-likeness (QED) is 0.803. The third kappa shape index (κ3) is 2.10. The monoisotopic (exact) mass is 282 g/mol. The number of thiocarbonyl (C=S) groups is 1. The topological polar surface area (TPSA) is 49.4 Å². The van der Waals surface area contributed by atoms with Gasteiger partial charge >= 0.3 is 0 Å². The SMILES string of the molecule is O=S1(=O)C[C@@H]2[C@@H](C1)NC(=S)N2Cc1ccccc1. The largest absolute Gasteiger partial charge is 0.357 e. The summed E-state index contributed by atoms with van der Waals surface area (Å²) >= 11 is 5.29. The van der Waals surface area contributed by atoms with E-state index in [9.17, 15) is 8.42 Å². The lowest BCUT2D eigenvalue weighted by Gasteiger charge is -2.23. The summed E-state index contributed by atoms with van der Waals surface area (Å²) in [5.74, 6) is 0.404. The molecular formula is C12H14N2O2S2. The Hall–Kier alpha value is -1.14. The number of nitrogens with one attached hydrogen (secondary N) is 1. The first-order valence-electron chi connectivity index (χ1n) is 5.87. The maximum absolute atomic E-state index is 11.6. The van der Waals surface area contributed by atoms with Crippen LogP contribution in [0.5, 0.6) is 0 Å². The molecule has 0 aromatic heterocycles. The maximum Gasteiger partial charge on any atom is 0.169 e. The number of hydrogen-bond acceptors (Lipinski definition) is 3. The third-order valence-corrected chi connectivity index (χ3v) is 5.56. The van der Waals surface area contributed by atoms with Gasteiger partial charge < -0.3 is 10.2 Å². The second-order valence-electron chi connectivity index (χ2n) is 4.81. The van der Waals surface area contributed by atoms with Gasteiger partial charge in [0.1, 0.15) is 0 Å². The van der Waals surface area contributed by atoms with E-state index in [1.54, 1.807) is 0 Å². The minimum absolute atomic E-state index is 0.0114. The van der Waals surface area contributed by atoms with Crippen molar-refractivity contribution in [1.82, 2.24) is 10.2 Å². The van der Waals surface area contributed by atoms with Crippen molar-refractivity contribution in [2.75, 3.05) is 11.5 Å². The molecule has 2 aliphatic rings. The van der Waals surface area contributed by atoms with Crippen molar-refractivity contribution in [3.8, 4) is 0 Å². The van der Waals surface area contributed by atoms with Crippen LogP contribution in [0.2, 0.25) is 0 Å². The van der Waals surface area contributed by atoms with Crippen molar-refractivity contribution >= 4 is 27.2 Å². The molecule has 1 N–H and O–H groups in total. The first-order chi connectivity index (χ1) is 8.55.